The van der Waals surface area contributed by atoms with Crippen LogP contribution in [0.4, 0.5) is 10.8 Å². The van der Waals surface area contributed by atoms with Crippen LogP contribution in [0.1, 0.15) is 24.0 Å². The predicted octanol–water partition coefficient (Wildman–Crippen LogP) is 4.78. The van der Waals surface area contributed by atoms with Crippen molar-refractivity contribution in [3.63, 3.8) is 0 Å². The first kappa shape index (κ1) is 15.1. The lowest BCUT2D eigenvalue weighted by Crippen LogP contribution is -2.34. The first-order valence-corrected chi connectivity index (χ1v) is 9.00. The topological polar surface area (TPSA) is 33.2 Å². The van der Waals surface area contributed by atoms with Gasteiger partial charge >= 0.3 is 0 Å². The van der Waals surface area contributed by atoms with Crippen molar-refractivity contribution < 1.29 is 4.79 Å². The quantitative estimate of drug-likeness (QED) is 0.690. The van der Waals surface area contributed by atoms with E-state index in [0.717, 1.165) is 17.2 Å². The molecule has 4 heteroatoms. The van der Waals surface area contributed by atoms with Crippen molar-refractivity contribution in [2.45, 2.75) is 19.3 Å². The number of anilines is 2. The molecule has 0 unspecified atom stereocenters. The standard InChI is InChI=1S/C20H18N2OS/c1-14-17-10-6-5-7-15(17)13-18(14)19(23)22(20-21-11-12-24-20)16-8-3-2-4-9-16/h2-12,14,18H,13H2,1H3/t14-,18+/m0/s1. The average molecular weight is 334 g/mol. The SMILES string of the molecule is C[C@H]1c2ccccc2C[C@H]1C(=O)N(c1ccccc1)c1nccs1. The zero-order valence-corrected chi connectivity index (χ0v) is 14.2. The molecule has 4 rings (SSSR count). The van der Waals surface area contributed by atoms with Crippen molar-refractivity contribution in [1.29, 1.82) is 0 Å². The molecule has 0 bridgehead atoms. The van der Waals surface area contributed by atoms with Gasteiger partial charge < -0.3 is 0 Å². The number of fused-ring (bicyclic) bond motifs is 1. The molecule has 1 amide bonds. The number of amides is 1. The lowest BCUT2D eigenvalue weighted by molar-refractivity contribution is -0.121. The third kappa shape index (κ3) is 2.53. The van der Waals surface area contributed by atoms with Gasteiger partial charge in [-0.15, -0.1) is 11.3 Å². The van der Waals surface area contributed by atoms with Gasteiger partial charge in [0.15, 0.2) is 5.13 Å². The van der Waals surface area contributed by atoms with Crippen LogP contribution in [0.15, 0.2) is 66.2 Å². The third-order valence-electron chi connectivity index (χ3n) is 4.75. The van der Waals surface area contributed by atoms with Gasteiger partial charge in [-0.3, -0.25) is 9.69 Å². The smallest absolute Gasteiger partial charge is 0.237 e. The van der Waals surface area contributed by atoms with E-state index in [0.29, 0.717) is 0 Å². The number of aromatic nitrogens is 1. The number of hydrogen-bond acceptors (Lipinski definition) is 3. The number of benzene rings is 2. The van der Waals surface area contributed by atoms with Crippen LogP contribution in [0.5, 0.6) is 0 Å². The Kier molecular flexibility index (Phi) is 3.90. The highest BCUT2D eigenvalue weighted by Gasteiger charge is 2.37. The summed E-state index contributed by atoms with van der Waals surface area (Å²) < 4.78 is 0. The molecule has 3 aromatic rings. The Bertz CT molecular complexity index is 845. The Labute approximate surface area is 145 Å². The van der Waals surface area contributed by atoms with Gasteiger partial charge in [-0.2, -0.15) is 0 Å². The molecule has 0 saturated carbocycles. The number of para-hydroxylation sites is 1. The van der Waals surface area contributed by atoms with Crippen molar-refractivity contribution in [3.05, 3.63) is 77.3 Å². The average Bonchev–Trinajstić information content (AvgIpc) is 3.25. The van der Waals surface area contributed by atoms with Crippen LogP contribution in [0.2, 0.25) is 0 Å². The van der Waals surface area contributed by atoms with E-state index in [-0.39, 0.29) is 17.7 Å². The van der Waals surface area contributed by atoms with E-state index in [2.05, 4.69) is 30.1 Å². The largest absolute Gasteiger partial charge is 0.274 e. The highest BCUT2D eigenvalue weighted by Crippen LogP contribution is 2.40. The number of carbonyl (C=O) groups excluding carboxylic acids is 1. The highest BCUT2D eigenvalue weighted by atomic mass is 32.1. The van der Waals surface area contributed by atoms with Crippen molar-refractivity contribution in [1.82, 2.24) is 4.98 Å². The monoisotopic (exact) mass is 334 g/mol. The molecule has 0 radical (unpaired) electrons. The normalized spacial score (nSPS) is 19.0. The van der Waals surface area contributed by atoms with Gasteiger partial charge in [-0.25, -0.2) is 4.98 Å². The molecule has 2 atom stereocenters. The summed E-state index contributed by atoms with van der Waals surface area (Å²) in [5, 5.41) is 2.64. The van der Waals surface area contributed by atoms with Gasteiger partial charge in [0, 0.05) is 17.5 Å². The molecule has 0 spiro atoms. The van der Waals surface area contributed by atoms with Crippen LogP contribution in [0.25, 0.3) is 0 Å². The minimum atomic E-state index is -0.0495. The Morgan fingerprint density at radius 1 is 1.12 bits per heavy atom. The Morgan fingerprint density at radius 3 is 2.58 bits per heavy atom. The van der Waals surface area contributed by atoms with Crippen LogP contribution in [-0.2, 0) is 11.2 Å². The lowest BCUT2D eigenvalue weighted by Gasteiger charge is -2.25. The first-order chi connectivity index (χ1) is 11.8. The molecular weight excluding hydrogens is 316 g/mol. The van der Waals surface area contributed by atoms with E-state index >= 15 is 0 Å². The second-order valence-corrected chi connectivity index (χ2v) is 6.99. The van der Waals surface area contributed by atoms with Crippen molar-refractivity contribution >= 4 is 28.1 Å². The molecule has 0 N–H and O–H groups in total. The predicted molar refractivity (Wildman–Crippen MR) is 97.8 cm³/mol. The number of rotatable bonds is 3. The molecule has 2 aromatic carbocycles. The van der Waals surface area contributed by atoms with Crippen molar-refractivity contribution in [3.8, 4) is 0 Å². The summed E-state index contributed by atoms with van der Waals surface area (Å²) in [5.41, 5.74) is 3.46. The van der Waals surface area contributed by atoms with Gasteiger partial charge in [0.2, 0.25) is 5.91 Å². The van der Waals surface area contributed by atoms with Gasteiger partial charge in [0.1, 0.15) is 0 Å². The number of thiazole rings is 1. The zero-order chi connectivity index (χ0) is 16.5. The molecular formula is C20H18N2OS. The third-order valence-corrected chi connectivity index (χ3v) is 5.51. The zero-order valence-electron chi connectivity index (χ0n) is 13.4. The van der Waals surface area contributed by atoms with Crippen molar-refractivity contribution in [2.75, 3.05) is 4.90 Å². The maximum absolute atomic E-state index is 13.4. The summed E-state index contributed by atoms with van der Waals surface area (Å²) in [7, 11) is 0. The van der Waals surface area contributed by atoms with Crippen LogP contribution >= 0.6 is 11.3 Å². The maximum Gasteiger partial charge on any atom is 0.237 e. The number of nitrogens with zero attached hydrogens (tertiary/aromatic N) is 2. The lowest BCUT2D eigenvalue weighted by atomic mass is 9.93. The molecule has 1 aliphatic carbocycles. The van der Waals surface area contributed by atoms with E-state index in [1.807, 2.05) is 41.8 Å². The Morgan fingerprint density at radius 2 is 1.88 bits per heavy atom. The van der Waals surface area contributed by atoms with Crippen LogP contribution in [0, 0.1) is 5.92 Å². The van der Waals surface area contributed by atoms with Crippen LogP contribution in [0.3, 0.4) is 0 Å². The van der Waals surface area contributed by atoms with Gasteiger partial charge in [-0.1, -0.05) is 49.4 Å². The van der Waals surface area contributed by atoms with E-state index in [1.54, 1.807) is 11.1 Å². The summed E-state index contributed by atoms with van der Waals surface area (Å²) in [6.07, 6.45) is 2.54. The second kappa shape index (κ2) is 6.21. The van der Waals surface area contributed by atoms with Gasteiger partial charge in [0.25, 0.3) is 0 Å². The minimum Gasteiger partial charge on any atom is -0.274 e. The summed E-state index contributed by atoms with van der Waals surface area (Å²) in [6.45, 7) is 2.15. The molecule has 1 aromatic heterocycles. The van der Waals surface area contributed by atoms with E-state index < -0.39 is 0 Å². The van der Waals surface area contributed by atoms with Crippen LogP contribution in [-0.4, -0.2) is 10.9 Å². The van der Waals surface area contributed by atoms with Gasteiger partial charge in [0.05, 0.1) is 5.69 Å². The Hall–Kier alpha value is -2.46. The summed E-state index contributed by atoms with van der Waals surface area (Å²) in [5.74, 6) is 0.297. The fourth-order valence-electron chi connectivity index (χ4n) is 3.50. The maximum atomic E-state index is 13.4. The molecule has 1 aliphatic rings. The van der Waals surface area contributed by atoms with Crippen LogP contribution < -0.4 is 4.90 Å². The van der Waals surface area contributed by atoms with E-state index in [4.69, 9.17) is 0 Å². The summed E-state index contributed by atoms with van der Waals surface area (Å²) >= 11 is 1.49. The summed E-state index contributed by atoms with van der Waals surface area (Å²) in [6, 6.07) is 18.2. The van der Waals surface area contributed by atoms with Crippen molar-refractivity contribution in [2.24, 2.45) is 5.92 Å². The molecule has 1 heterocycles. The minimum absolute atomic E-state index is 0.0495. The molecule has 3 nitrogen and oxygen atoms in total. The molecule has 0 aliphatic heterocycles. The number of hydrogen-bond donors (Lipinski definition) is 0. The highest BCUT2D eigenvalue weighted by molar-refractivity contribution is 7.13. The Balaban J connectivity index is 1.71. The molecule has 24 heavy (non-hydrogen) atoms. The van der Waals surface area contributed by atoms with E-state index in [1.165, 1.54) is 22.5 Å². The van der Waals surface area contributed by atoms with E-state index in [9.17, 15) is 4.79 Å². The molecule has 0 fully saturated rings. The first-order valence-electron chi connectivity index (χ1n) is 8.12. The fraction of sp³-hybridized carbons (Fsp3) is 0.200. The fourth-order valence-corrected chi connectivity index (χ4v) is 4.16. The van der Waals surface area contributed by atoms with Gasteiger partial charge in [-0.05, 0) is 35.6 Å². The second-order valence-electron chi connectivity index (χ2n) is 6.12. The molecule has 0 saturated heterocycles. The number of carbonyl (C=O) groups is 1. The molecule has 120 valence electrons. The summed E-state index contributed by atoms with van der Waals surface area (Å²) in [4.78, 5) is 19.6.